The van der Waals surface area contributed by atoms with Crippen molar-refractivity contribution in [2.45, 2.75) is 36.8 Å². The van der Waals surface area contributed by atoms with Gasteiger partial charge < -0.3 is 5.11 Å². The van der Waals surface area contributed by atoms with Crippen LogP contribution in [-0.4, -0.2) is 37.2 Å². The summed E-state index contributed by atoms with van der Waals surface area (Å²) < 4.78 is 1.91. The number of hydrogen-bond acceptors (Lipinski definition) is 5. The van der Waals surface area contributed by atoms with Gasteiger partial charge in [0.15, 0.2) is 5.82 Å². The molecule has 1 aromatic heterocycles. The van der Waals surface area contributed by atoms with E-state index in [1.165, 1.54) is 12.8 Å². The zero-order valence-electron chi connectivity index (χ0n) is 8.13. The molecule has 0 saturated heterocycles. The van der Waals surface area contributed by atoms with Gasteiger partial charge >= 0.3 is 0 Å². The van der Waals surface area contributed by atoms with Crippen LogP contribution in [0.4, 0.5) is 0 Å². The summed E-state index contributed by atoms with van der Waals surface area (Å²) in [6.45, 7) is 2.20. The summed E-state index contributed by atoms with van der Waals surface area (Å²) >= 11 is 1.68. The van der Waals surface area contributed by atoms with Crippen LogP contribution in [0.15, 0.2) is 0 Å². The van der Waals surface area contributed by atoms with Gasteiger partial charge in [-0.25, -0.2) is 4.68 Å². The predicted octanol–water partition coefficient (Wildman–Crippen LogP) is 0.622. The van der Waals surface area contributed by atoms with Gasteiger partial charge in [-0.15, -0.1) is 16.9 Å². The first-order chi connectivity index (χ1) is 6.81. The first-order valence-corrected chi connectivity index (χ1v) is 5.85. The Morgan fingerprint density at radius 3 is 3.07 bits per heavy atom. The standard InChI is InChI=1S/C8H14N4OS/c1-6(4-13)14-5-8-9-10-11-12(8)7-2-3-7/h6-7,13H,2-5H2,1H3. The lowest BCUT2D eigenvalue weighted by molar-refractivity contribution is 0.300. The molecule has 5 nitrogen and oxygen atoms in total. The largest absolute Gasteiger partial charge is 0.395 e. The normalized spacial score (nSPS) is 18.4. The van der Waals surface area contributed by atoms with Crippen LogP contribution in [0.2, 0.25) is 0 Å². The van der Waals surface area contributed by atoms with Gasteiger partial charge in [-0.05, 0) is 23.3 Å². The number of aliphatic hydroxyl groups is 1. The summed E-state index contributed by atoms with van der Waals surface area (Å²) in [4.78, 5) is 0. The molecule has 1 aliphatic rings. The third kappa shape index (κ3) is 2.24. The van der Waals surface area contributed by atoms with E-state index in [1.807, 2.05) is 11.6 Å². The quantitative estimate of drug-likeness (QED) is 0.778. The molecule has 0 amide bonds. The first kappa shape index (κ1) is 9.92. The molecular weight excluding hydrogens is 200 g/mol. The third-order valence-electron chi connectivity index (χ3n) is 2.21. The van der Waals surface area contributed by atoms with E-state index >= 15 is 0 Å². The van der Waals surface area contributed by atoms with E-state index in [0.717, 1.165) is 11.6 Å². The smallest absolute Gasteiger partial charge is 0.161 e. The highest BCUT2D eigenvalue weighted by Crippen LogP contribution is 2.35. The van der Waals surface area contributed by atoms with Crippen LogP contribution in [0, 0.1) is 0 Å². The van der Waals surface area contributed by atoms with Gasteiger partial charge in [0.25, 0.3) is 0 Å². The van der Waals surface area contributed by atoms with Crippen LogP contribution in [0.1, 0.15) is 31.6 Å². The molecule has 6 heteroatoms. The van der Waals surface area contributed by atoms with E-state index < -0.39 is 0 Å². The van der Waals surface area contributed by atoms with Crippen LogP contribution < -0.4 is 0 Å². The van der Waals surface area contributed by atoms with Gasteiger partial charge in [0.1, 0.15) is 0 Å². The van der Waals surface area contributed by atoms with Gasteiger partial charge in [-0.2, -0.15) is 0 Å². The molecule has 1 fully saturated rings. The highest BCUT2D eigenvalue weighted by Gasteiger charge is 2.27. The second-order valence-electron chi connectivity index (χ2n) is 3.58. The number of aromatic nitrogens is 4. The Kier molecular flexibility index (Phi) is 3.02. The molecule has 1 atom stereocenters. The van der Waals surface area contributed by atoms with Gasteiger partial charge in [-0.3, -0.25) is 0 Å². The monoisotopic (exact) mass is 214 g/mol. The molecule has 1 unspecified atom stereocenters. The van der Waals surface area contributed by atoms with E-state index in [1.54, 1.807) is 11.8 Å². The van der Waals surface area contributed by atoms with Gasteiger partial charge in [0, 0.05) is 5.25 Å². The van der Waals surface area contributed by atoms with Crippen molar-refractivity contribution in [2.24, 2.45) is 0 Å². The van der Waals surface area contributed by atoms with E-state index in [0.29, 0.717) is 6.04 Å². The maximum absolute atomic E-state index is 8.87. The molecule has 0 aliphatic heterocycles. The van der Waals surface area contributed by atoms with E-state index in [9.17, 15) is 0 Å². The molecule has 14 heavy (non-hydrogen) atoms. The zero-order chi connectivity index (χ0) is 9.97. The molecule has 1 aromatic rings. The Balaban J connectivity index is 1.91. The molecule has 0 spiro atoms. The van der Waals surface area contributed by atoms with Gasteiger partial charge in [0.2, 0.25) is 0 Å². The van der Waals surface area contributed by atoms with Crippen molar-refractivity contribution in [1.29, 1.82) is 0 Å². The molecule has 0 radical (unpaired) electrons. The summed E-state index contributed by atoms with van der Waals surface area (Å²) in [6.07, 6.45) is 2.39. The number of thioether (sulfide) groups is 1. The predicted molar refractivity (Wildman–Crippen MR) is 53.9 cm³/mol. The van der Waals surface area contributed by atoms with Crippen molar-refractivity contribution in [3.8, 4) is 0 Å². The first-order valence-electron chi connectivity index (χ1n) is 4.80. The van der Waals surface area contributed by atoms with Crippen LogP contribution in [0.5, 0.6) is 0 Å². The lowest BCUT2D eigenvalue weighted by atomic mass is 10.5. The summed E-state index contributed by atoms with van der Waals surface area (Å²) in [5, 5.41) is 20.7. The maximum Gasteiger partial charge on any atom is 0.161 e. The highest BCUT2D eigenvalue weighted by molar-refractivity contribution is 7.99. The third-order valence-corrected chi connectivity index (χ3v) is 3.35. The van der Waals surface area contributed by atoms with Crippen molar-refractivity contribution in [2.75, 3.05) is 6.61 Å². The Morgan fingerprint density at radius 2 is 2.43 bits per heavy atom. The minimum atomic E-state index is 0.204. The molecule has 78 valence electrons. The van der Waals surface area contributed by atoms with E-state index in [-0.39, 0.29) is 11.9 Å². The molecule has 1 heterocycles. The lowest BCUT2D eigenvalue weighted by Crippen LogP contribution is -2.06. The second kappa shape index (κ2) is 4.27. The fraction of sp³-hybridized carbons (Fsp3) is 0.875. The molecule has 0 bridgehead atoms. The van der Waals surface area contributed by atoms with E-state index in [2.05, 4.69) is 15.5 Å². The van der Waals surface area contributed by atoms with Crippen molar-refractivity contribution in [3.63, 3.8) is 0 Å². The topological polar surface area (TPSA) is 63.8 Å². The SMILES string of the molecule is CC(CO)SCc1nnnn1C1CC1. The average Bonchev–Trinajstić information content (AvgIpc) is 2.94. The summed E-state index contributed by atoms with van der Waals surface area (Å²) in [5.74, 6) is 1.71. The molecular formula is C8H14N4OS. The van der Waals surface area contributed by atoms with E-state index in [4.69, 9.17) is 5.11 Å². The fourth-order valence-corrected chi connectivity index (χ4v) is 1.91. The minimum absolute atomic E-state index is 0.204. The van der Waals surface area contributed by atoms with Crippen LogP contribution in [0.3, 0.4) is 0 Å². The number of hydrogen-bond donors (Lipinski definition) is 1. The Labute approximate surface area is 86.9 Å². The number of rotatable bonds is 5. The lowest BCUT2D eigenvalue weighted by Gasteiger charge is -2.06. The van der Waals surface area contributed by atoms with Crippen molar-refractivity contribution >= 4 is 11.8 Å². The van der Waals surface area contributed by atoms with Gasteiger partial charge in [-0.1, -0.05) is 6.92 Å². The Bertz CT molecular complexity index is 299. The Morgan fingerprint density at radius 1 is 1.64 bits per heavy atom. The Hall–Kier alpha value is -0.620. The highest BCUT2D eigenvalue weighted by atomic mass is 32.2. The average molecular weight is 214 g/mol. The zero-order valence-corrected chi connectivity index (χ0v) is 8.94. The minimum Gasteiger partial charge on any atom is -0.395 e. The molecule has 1 N–H and O–H groups in total. The summed E-state index contributed by atoms with van der Waals surface area (Å²) in [5.41, 5.74) is 0. The maximum atomic E-state index is 8.87. The van der Waals surface area contributed by atoms with Crippen molar-refractivity contribution < 1.29 is 5.11 Å². The van der Waals surface area contributed by atoms with Crippen LogP contribution in [-0.2, 0) is 5.75 Å². The van der Waals surface area contributed by atoms with Crippen LogP contribution in [0.25, 0.3) is 0 Å². The molecule has 0 aromatic carbocycles. The second-order valence-corrected chi connectivity index (χ2v) is 5.00. The summed E-state index contributed by atoms with van der Waals surface area (Å²) in [7, 11) is 0. The number of tetrazole rings is 1. The molecule has 1 saturated carbocycles. The van der Waals surface area contributed by atoms with Gasteiger partial charge in [0.05, 0.1) is 18.4 Å². The number of aliphatic hydroxyl groups excluding tert-OH is 1. The van der Waals surface area contributed by atoms with Crippen molar-refractivity contribution in [3.05, 3.63) is 5.82 Å². The summed E-state index contributed by atoms with van der Waals surface area (Å²) in [6, 6.07) is 0.532. The van der Waals surface area contributed by atoms with Crippen LogP contribution >= 0.6 is 11.8 Å². The van der Waals surface area contributed by atoms with Crippen molar-refractivity contribution in [1.82, 2.24) is 20.2 Å². The number of nitrogens with zero attached hydrogens (tertiary/aromatic N) is 4. The fourth-order valence-electron chi connectivity index (χ4n) is 1.18. The molecule has 2 rings (SSSR count). The molecule has 1 aliphatic carbocycles.